The van der Waals surface area contributed by atoms with Gasteiger partial charge in [0.05, 0.1) is 5.56 Å². The first-order chi connectivity index (χ1) is 10.1. The Morgan fingerprint density at radius 1 is 1.19 bits per heavy atom. The maximum Gasteiger partial charge on any atom is 0.255 e. The molecule has 2 nitrogen and oxygen atoms in total. The van der Waals surface area contributed by atoms with E-state index in [1.807, 2.05) is 12.1 Å². The van der Waals surface area contributed by atoms with Crippen LogP contribution >= 0.6 is 27.5 Å². The molecule has 0 spiro atoms. The smallest absolute Gasteiger partial charge is 0.255 e. The lowest BCUT2D eigenvalue weighted by Gasteiger charge is -2.30. The molecular formula is C17H21BrClNO. The molecule has 1 amide bonds. The summed E-state index contributed by atoms with van der Waals surface area (Å²) in [5.74, 6) is 0.818. The molecule has 0 radical (unpaired) electrons. The zero-order chi connectivity index (χ0) is 14.8. The lowest BCUT2D eigenvalue weighted by molar-refractivity contribution is 0.0698. The summed E-state index contributed by atoms with van der Waals surface area (Å²) in [6.07, 6.45) is 8.83. The van der Waals surface area contributed by atoms with Gasteiger partial charge < -0.3 is 4.90 Å². The lowest BCUT2D eigenvalue weighted by atomic mass is 9.89. The molecule has 114 valence electrons. The second-order valence-electron chi connectivity index (χ2n) is 6.32. The summed E-state index contributed by atoms with van der Waals surface area (Å²) < 4.78 is 0.839. The van der Waals surface area contributed by atoms with E-state index in [2.05, 4.69) is 20.8 Å². The summed E-state index contributed by atoms with van der Waals surface area (Å²) in [4.78, 5) is 15.0. The van der Waals surface area contributed by atoms with Crippen molar-refractivity contribution in [2.45, 2.75) is 51.0 Å². The third-order valence-corrected chi connectivity index (χ3v) is 5.51. The predicted molar refractivity (Wildman–Crippen MR) is 89.8 cm³/mol. The molecule has 1 aromatic rings. The molecule has 0 unspecified atom stereocenters. The van der Waals surface area contributed by atoms with E-state index in [-0.39, 0.29) is 5.91 Å². The second kappa shape index (κ2) is 6.70. The minimum atomic E-state index is 0.137. The van der Waals surface area contributed by atoms with Gasteiger partial charge in [-0.2, -0.15) is 0 Å². The molecule has 1 aromatic carbocycles. The number of nitrogens with zero attached hydrogens (tertiary/aromatic N) is 1. The van der Waals surface area contributed by atoms with Crippen molar-refractivity contribution in [2.24, 2.45) is 5.92 Å². The molecule has 21 heavy (non-hydrogen) atoms. The highest BCUT2D eigenvalue weighted by atomic mass is 79.9. The Labute approximate surface area is 140 Å². The van der Waals surface area contributed by atoms with Crippen LogP contribution in [0.1, 0.15) is 55.3 Å². The molecule has 0 atom stereocenters. The van der Waals surface area contributed by atoms with Crippen LogP contribution in [0.4, 0.5) is 0 Å². The first kappa shape index (κ1) is 15.4. The van der Waals surface area contributed by atoms with Crippen molar-refractivity contribution >= 4 is 33.4 Å². The van der Waals surface area contributed by atoms with Gasteiger partial charge in [0.15, 0.2) is 0 Å². The Kier molecular flexibility index (Phi) is 4.90. The van der Waals surface area contributed by atoms with Gasteiger partial charge in [-0.3, -0.25) is 4.79 Å². The summed E-state index contributed by atoms with van der Waals surface area (Å²) in [6.45, 7) is 0.919. The third kappa shape index (κ3) is 3.81. The van der Waals surface area contributed by atoms with Crippen LogP contribution < -0.4 is 0 Å². The zero-order valence-electron chi connectivity index (χ0n) is 12.2. The summed E-state index contributed by atoms with van der Waals surface area (Å²) >= 11 is 9.55. The lowest BCUT2D eigenvalue weighted by Crippen LogP contribution is -2.38. The fourth-order valence-corrected chi connectivity index (χ4v) is 3.84. The second-order valence-corrected chi connectivity index (χ2v) is 7.61. The average Bonchev–Trinajstić information content (AvgIpc) is 3.32. The van der Waals surface area contributed by atoms with Crippen molar-refractivity contribution in [3.05, 3.63) is 33.3 Å². The van der Waals surface area contributed by atoms with Gasteiger partial charge in [0, 0.05) is 22.1 Å². The van der Waals surface area contributed by atoms with Crippen LogP contribution in [-0.2, 0) is 0 Å². The van der Waals surface area contributed by atoms with Crippen LogP contribution in [0.2, 0.25) is 5.02 Å². The van der Waals surface area contributed by atoms with Crippen molar-refractivity contribution in [1.29, 1.82) is 0 Å². The van der Waals surface area contributed by atoms with E-state index in [0.29, 0.717) is 22.5 Å². The summed E-state index contributed by atoms with van der Waals surface area (Å²) in [6, 6.07) is 5.90. The van der Waals surface area contributed by atoms with E-state index in [9.17, 15) is 4.79 Å². The number of hydrogen-bond donors (Lipinski definition) is 0. The summed E-state index contributed by atoms with van der Waals surface area (Å²) in [7, 11) is 0. The molecule has 0 bridgehead atoms. The Morgan fingerprint density at radius 3 is 2.57 bits per heavy atom. The van der Waals surface area contributed by atoms with Gasteiger partial charge in [-0.1, -0.05) is 30.9 Å². The van der Waals surface area contributed by atoms with Gasteiger partial charge in [0.25, 0.3) is 5.91 Å². The quantitative estimate of drug-likeness (QED) is 0.705. The molecule has 3 rings (SSSR count). The first-order valence-electron chi connectivity index (χ1n) is 7.91. The summed E-state index contributed by atoms with van der Waals surface area (Å²) in [5, 5.41) is 0.620. The molecule has 2 aliphatic carbocycles. The van der Waals surface area contributed by atoms with E-state index in [0.717, 1.165) is 23.9 Å². The van der Waals surface area contributed by atoms with E-state index in [1.165, 1.54) is 32.1 Å². The maximum absolute atomic E-state index is 12.9. The third-order valence-electron chi connectivity index (χ3n) is 4.59. The van der Waals surface area contributed by atoms with Crippen LogP contribution in [-0.4, -0.2) is 23.4 Å². The number of hydrogen-bond acceptors (Lipinski definition) is 1. The Hall–Kier alpha value is -0.540. The highest BCUT2D eigenvalue weighted by molar-refractivity contribution is 9.10. The Morgan fingerprint density at radius 2 is 1.90 bits per heavy atom. The molecule has 4 heteroatoms. The topological polar surface area (TPSA) is 20.3 Å². The standard InChI is InChI=1S/C17H21BrClNO/c18-16-9-6-13(19)10-15(16)17(21)20(14-7-8-14)11-12-4-2-1-3-5-12/h6,9-10,12,14H,1-5,7-8,11H2. The van der Waals surface area contributed by atoms with Crippen molar-refractivity contribution in [3.8, 4) is 0 Å². The van der Waals surface area contributed by atoms with Crippen LogP contribution in [0.15, 0.2) is 22.7 Å². The molecule has 0 saturated heterocycles. The average molecular weight is 371 g/mol. The zero-order valence-corrected chi connectivity index (χ0v) is 14.5. The monoisotopic (exact) mass is 369 g/mol. The maximum atomic E-state index is 12.9. The minimum absolute atomic E-state index is 0.137. The highest BCUT2D eigenvalue weighted by Crippen LogP contribution is 2.33. The molecule has 0 aromatic heterocycles. The molecule has 2 saturated carbocycles. The fourth-order valence-electron chi connectivity index (χ4n) is 3.25. The largest absolute Gasteiger partial charge is 0.335 e. The summed E-state index contributed by atoms with van der Waals surface area (Å²) in [5.41, 5.74) is 0.699. The van der Waals surface area contributed by atoms with Crippen LogP contribution in [0.25, 0.3) is 0 Å². The van der Waals surface area contributed by atoms with E-state index in [4.69, 9.17) is 11.6 Å². The molecular weight excluding hydrogens is 350 g/mol. The van der Waals surface area contributed by atoms with Crippen molar-refractivity contribution in [1.82, 2.24) is 4.90 Å². The van der Waals surface area contributed by atoms with E-state index in [1.54, 1.807) is 6.07 Å². The molecule has 0 heterocycles. The van der Waals surface area contributed by atoms with Crippen molar-refractivity contribution in [3.63, 3.8) is 0 Å². The highest BCUT2D eigenvalue weighted by Gasteiger charge is 2.35. The first-order valence-corrected chi connectivity index (χ1v) is 9.08. The SMILES string of the molecule is O=C(c1cc(Cl)ccc1Br)N(CC1CCCCC1)C1CC1. The van der Waals surface area contributed by atoms with E-state index < -0.39 is 0 Å². The Bertz CT molecular complexity index is 524. The van der Waals surface area contributed by atoms with Crippen LogP contribution in [0.5, 0.6) is 0 Å². The number of halogens is 2. The van der Waals surface area contributed by atoms with Crippen LogP contribution in [0.3, 0.4) is 0 Å². The molecule has 0 aliphatic heterocycles. The number of rotatable bonds is 4. The predicted octanol–water partition coefficient (Wildman–Crippen LogP) is 5.29. The number of amides is 1. The van der Waals surface area contributed by atoms with Crippen molar-refractivity contribution in [2.75, 3.05) is 6.54 Å². The normalized spacial score (nSPS) is 19.5. The molecule has 0 N–H and O–H groups in total. The van der Waals surface area contributed by atoms with Gasteiger partial charge in [-0.15, -0.1) is 0 Å². The minimum Gasteiger partial charge on any atom is -0.335 e. The van der Waals surface area contributed by atoms with Gasteiger partial charge in [-0.25, -0.2) is 0 Å². The number of carbonyl (C=O) groups is 1. The fraction of sp³-hybridized carbons (Fsp3) is 0.588. The van der Waals surface area contributed by atoms with Crippen molar-refractivity contribution < 1.29 is 4.79 Å². The molecule has 2 fully saturated rings. The van der Waals surface area contributed by atoms with Crippen LogP contribution in [0, 0.1) is 5.92 Å². The number of benzene rings is 1. The van der Waals surface area contributed by atoms with Gasteiger partial charge in [0.1, 0.15) is 0 Å². The van der Waals surface area contributed by atoms with Gasteiger partial charge in [0.2, 0.25) is 0 Å². The Balaban J connectivity index is 1.76. The number of carbonyl (C=O) groups excluding carboxylic acids is 1. The van der Waals surface area contributed by atoms with Gasteiger partial charge in [-0.05, 0) is 65.7 Å². The van der Waals surface area contributed by atoms with Gasteiger partial charge >= 0.3 is 0 Å². The van der Waals surface area contributed by atoms with E-state index >= 15 is 0 Å². The molecule has 2 aliphatic rings.